The van der Waals surface area contributed by atoms with E-state index in [2.05, 4.69) is 29.5 Å². The lowest BCUT2D eigenvalue weighted by molar-refractivity contribution is 0.178. The molecule has 1 saturated heterocycles. The van der Waals surface area contributed by atoms with Crippen molar-refractivity contribution in [1.29, 1.82) is 0 Å². The van der Waals surface area contributed by atoms with Crippen molar-refractivity contribution in [3.8, 4) is 0 Å². The van der Waals surface area contributed by atoms with Crippen LogP contribution in [0.3, 0.4) is 0 Å². The minimum Gasteiger partial charge on any atom is -0.381 e. The van der Waals surface area contributed by atoms with E-state index in [0.29, 0.717) is 12.0 Å². The second-order valence-electron chi connectivity index (χ2n) is 4.38. The van der Waals surface area contributed by atoms with Gasteiger partial charge in [-0.25, -0.2) is 4.98 Å². The molecular weight excluding hydrogens is 220 g/mol. The van der Waals surface area contributed by atoms with Crippen LogP contribution in [0.25, 0.3) is 0 Å². The predicted molar refractivity (Wildman–Crippen MR) is 66.7 cm³/mol. The Balaban J connectivity index is 1.77. The molecule has 0 aliphatic carbocycles. The van der Waals surface area contributed by atoms with E-state index in [0.717, 1.165) is 26.2 Å². The van der Waals surface area contributed by atoms with E-state index in [9.17, 15) is 0 Å². The first-order valence-electron chi connectivity index (χ1n) is 6.04. The fourth-order valence-electron chi connectivity index (χ4n) is 1.97. The third-order valence-electron chi connectivity index (χ3n) is 3.18. The van der Waals surface area contributed by atoms with Gasteiger partial charge in [0.05, 0.1) is 17.3 Å². The molecule has 2 heterocycles. The summed E-state index contributed by atoms with van der Waals surface area (Å²) in [6.07, 6.45) is 2.22. The van der Waals surface area contributed by atoms with Gasteiger partial charge < -0.3 is 10.1 Å². The molecule has 2 atom stereocenters. The Bertz CT molecular complexity index is 321. The van der Waals surface area contributed by atoms with E-state index in [1.165, 1.54) is 17.1 Å². The van der Waals surface area contributed by atoms with Gasteiger partial charge in [0.25, 0.3) is 0 Å². The van der Waals surface area contributed by atoms with Crippen molar-refractivity contribution in [2.45, 2.75) is 39.3 Å². The van der Waals surface area contributed by atoms with Crippen molar-refractivity contribution in [3.05, 3.63) is 16.1 Å². The van der Waals surface area contributed by atoms with E-state index in [1.807, 2.05) is 0 Å². The Kier molecular flexibility index (Phi) is 4.32. The normalized spacial score (nSPS) is 22.5. The first-order valence-corrected chi connectivity index (χ1v) is 6.92. The molecule has 1 N–H and O–H groups in total. The smallest absolute Gasteiger partial charge is 0.0926 e. The van der Waals surface area contributed by atoms with Crippen LogP contribution in [-0.4, -0.2) is 24.2 Å². The Morgan fingerprint density at radius 2 is 2.56 bits per heavy atom. The second kappa shape index (κ2) is 5.75. The summed E-state index contributed by atoms with van der Waals surface area (Å²) in [5.41, 5.74) is 1.17. The SMILES string of the molecule is CCc1nc(CNC(C)C2CCOC2)cs1. The van der Waals surface area contributed by atoms with Gasteiger partial charge in [0.2, 0.25) is 0 Å². The van der Waals surface area contributed by atoms with Gasteiger partial charge in [0.15, 0.2) is 0 Å². The topological polar surface area (TPSA) is 34.2 Å². The van der Waals surface area contributed by atoms with Crippen LogP contribution in [0.5, 0.6) is 0 Å². The van der Waals surface area contributed by atoms with Gasteiger partial charge >= 0.3 is 0 Å². The highest BCUT2D eigenvalue weighted by Crippen LogP contribution is 2.17. The lowest BCUT2D eigenvalue weighted by Crippen LogP contribution is -2.33. The highest BCUT2D eigenvalue weighted by Gasteiger charge is 2.21. The van der Waals surface area contributed by atoms with Crippen LogP contribution in [0, 0.1) is 5.92 Å². The average Bonchev–Trinajstić information content (AvgIpc) is 2.96. The average molecular weight is 240 g/mol. The zero-order valence-corrected chi connectivity index (χ0v) is 10.8. The van der Waals surface area contributed by atoms with Gasteiger partial charge in [-0.05, 0) is 25.7 Å². The summed E-state index contributed by atoms with van der Waals surface area (Å²) in [5.74, 6) is 0.671. The van der Waals surface area contributed by atoms with Crippen molar-refractivity contribution >= 4 is 11.3 Å². The van der Waals surface area contributed by atoms with Crippen molar-refractivity contribution in [1.82, 2.24) is 10.3 Å². The number of nitrogens with zero attached hydrogens (tertiary/aromatic N) is 1. The molecule has 4 heteroatoms. The van der Waals surface area contributed by atoms with E-state index in [-0.39, 0.29) is 0 Å². The zero-order chi connectivity index (χ0) is 11.4. The van der Waals surface area contributed by atoms with Gasteiger partial charge in [-0.2, -0.15) is 0 Å². The summed E-state index contributed by atoms with van der Waals surface area (Å²) in [4.78, 5) is 4.55. The van der Waals surface area contributed by atoms with Crippen molar-refractivity contribution in [2.24, 2.45) is 5.92 Å². The predicted octanol–water partition coefficient (Wildman–Crippen LogP) is 2.22. The maximum atomic E-state index is 5.40. The maximum Gasteiger partial charge on any atom is 0.0926 e. The van der Waals surface area contributed by atoms with Crippen LogP contribution in [0.1, 0.15) is 31.0 Å². The van der Waals surface area contributed by atoms with Crippen LogP contribution < -0.4 is 5.32 Å². The molecule has 3 nitrogen and oxygen atoms in total. The Morgan fingerprint density at radius 1 is 1.69 bits per heavy atom. The van der Waals surface area contributed by atoms with E-state index >= 15 is 0 Å². The van der Waals surface area contributed by atoms with Crippen molar-refractivity contribution < 1.29 is 4.74 Å². The van der Waals surface area contributed by atoms with E-state index in [1.54, 1.807) is 11.3 Å². The summed E-state index contributed by atoms with van der Waals surface area (Å²) in [5, 5.41) is 6.93. The zero-order valence-electron chi connectivity index (χ0n) is 10.0. The van der Waals surface area contributed by atoms with E-state index < -0.39 is 0 Å². The monoisotopic (exact) mass is 240 g/mol. The molecule has 1 aliphatic rings. The minimum atomic E-state index is 0.522. The molecule has 16 heavy (non-hydrogen) atoms. The molecular formula is C12H20N2OS. The quantitative estimate of drug-likeness (QED) is 0.857. The third kappa shape index (κ3) is 3.03. The number of hydrogen-bond donors (Lipinski definition) is 1. The second-order valence-corrected chi connectivity index (χ2v) is 5.32. The molecule has 0 amide bonds. The largest absolute Gasteiger partial charge is 0.381 e. The van der Waals surface area contributed by atoms with Crippen LogP contribution >= 0.6 is 11.3 Å². The van der Waals surface area contributed by atoms with E-state index in [4.69, 9.17) is 4.74 Å². The standard InChI is InChI=1S/C12H20N2OS/c1-3-12-14-11(8-16-12)6-13-9(2)10-4-5-15-7-10/h8-10,13H,3-7H2,1-2H3. The Labute approximate surface area is 101 Å². The Morgan fingerprint density at radius 3 is 3.19 bits per heavy atom. The number of thiazole rings is 1. The van der Waals surface area contributed by atoms with Gasteiger partial charge in [-0.3, -0.25) is 0 Å². The number of rotatable bonds is 5. The highest BCUT2D eigenvalue weighted by atomic mass is 32.1. The number of aryl methyl sites for hydroxylation is 1. The summed E-state index contributed by atoms with van der Waals surface area (Å²) >= 11 is 1.76. The molecule has 0 saturated carbocycles. The molecule has 0 aromatic carbocycles. The number of aromatic nitrogens is 1. The number of nitrogens with one attached hydrogen (secondary N) is 1. The molecule has 1 aliphatic heterocycles. The number of ether oxygens (including phenoxy) is 1. The molecule has 90 valence electrons. The summed E-state index contributed by atoms with van der Waals surface area (Å²) < 4.78 is 5.40. The van der Waals surface area contributed by atoms with Crippen molar-refractivity contribution in [2.75, 3.05) is 13.2 Å². The molecule has 0 radical (unpaired) electrons. The molecule has 1 fully saturated rings. The van der Waals surface area contributed by atoms with Crippen LogP contribution in [0.4, 0.5) is 0 Å². The molecule has 0 bridgehead atoms. The molecule has 2 rings (SSSR count). The molecule has 0 spiro atoms. The number of hydrogen-bond acceptors (Lipinski definition) is 4. The summed E-state index contributed by atoms with van der Waals surface area (Å²) in [6.45, 7) is 7.11. The van der Waals surface area contributed by atoms with Gasteiger partial charge in [-0.1, -0.05) is 6.92 Å². The minimum absolute atomic E-state index is 0.522. The maximum absolute atomic E-state index is 5.40. The third-order valence-corrected chi connectivity index (χ3v) is 4.22. The van der Waals surface area contributed by atoms with Crippen LogP contribution in [-0.2, 0) is 17.7 Å². The summed E-state index contributed by atoms with van der Waals surface area (Å²) in [7, 11) is 0. The fraction of sp³-hybridized carbons (Fsp3) is 0.750. The van der Waals surface area contributed by atoms with Gasteiger partial charge in [-0.15, -0.1) is 11.3 Å². The lowest BCUT2D eigenvalue weighted by Gasteiger charge is -2.18. The molecule has 1 aromatic heterocycles. The van der Waals surface area contributed by atoms with Crippen molar-refractivity contribution in [3.63, 3.8) is 0 Å². The highest BCUT2D eigenvalue weighted by molar-refractivity contribution is 7.09. The van der Waals surface area contributed by atoms with Gasteiger partial charge in [0, 0.05) is 24.6 Å². The van der Waals surface area contributed by atoms with Crippen LogP contribution in [0.15, 0.2) is 5.38 Å². The first-order chi connectivity index (χ1) is 7.79. The van der Waals surface area contributed by atoms with Crippen LogP contribution in [0.2, 0.25) is 0 Å². The lowest BCUT2D eigenvalue weighted by atomic mass is 10.0. The Hall–Kier alpha value is -0.450. The van der Waals surface area contributed by atoms with Gasteiger partial charge in [0.1, 0.15) is 0 Å². The fourth-order valence-corrected chi connectivity index (χ4v) is 2.72. The molecule has 1 aromatic rings. The molecule has 2 unspecified atom stereocenters. The first kappa shape index (κ1) is 12.0. The summed E-state index contributed by atoms with van der Waals surface area (Å²) in [6, 6.07) is 0.522.